The number of benzene rings is 1. The zero-order chi connectivity index (χ0) is 13.6. The number of rotatable bonds is 3. The summed E-state index contributed by atoms with van der Waals surface area (Å²) in [6.45, 7) is 3.79. The lowest BCUT2D eigenvalue weighted by atomic mass is 9.85. The molecule has 3 nitrogen and oxygen atoms in total. The first-order valence-electron chi connectivity index (χ1n) is 7.19. The lowest BCUT2D eigenvalue weighted by molar-refractivity contribution is -0.00793. The van der Waals surface area contributed by atoms with Crippen LogP contribution in [0.4, 0.5) is 0 Å². The van der Waals surface area contributed by atoms with Crippen molar-refractivity contribution in [3.8, 4) is 0 Å². The van der Waals surface area contributed by atoms with E-state index in [9.17, 15) is 4.79 Å². The van der Waals surface area contributed by atoms with Crippen molar-refractivity contribution in [2.24, 2.45) is 5.92 Å². The molecule has 3 rings (SSSR count). The summed E-state index contributed by atoms with van der Waals surface area (Å²) in [6.07, 6.45) is 3.99. The highest BCUT2D eigenvalue weighted by Gasteiger charge is 2.33. The van der Waals surface area contributed by atoms with Gasteiger partial charge in [0.25, 0.3) is 5.91 Å². The summed E-state index contributed by atoms with van der Waals surface area (Å²) in [4.78, 5) is 12.5. The van der Waals surface area contributed by atoms with Crippen molar-refractivity contribution in [2.75, 3.05) is 13.6 Å². The standard InChI is InChI=1S/C15H21BN2O/c1-10-6-13(16)7-12-9-18(15(19)14(10)12)17(2)8-11-4-3-5-11/h6-7,11H,3-5,8-9,16H2,1-2H3. The molecule has 0 saturated heterocycles. The Morgan fingerprint density at radius 2 is 2.16 bits per heavy atom. The van der Waals surface area contributed by atoms with Gasteiger partial charge in [0.15, 0.2) is 0 Å². The van der Waals surface area contributed by atoms with E-state index in [4.69, 9.17) is 0 Å². The van der Waals surface area contributed by atoms with Gasteiger partial charge in [-0.15, -0.1) is 0 Å². The predicted octanol–water partition coefficient (Wildman–Crippen LogP) is 0.856. The van der Waals surface area contributed by atoms with Crippen molar-refractivity contribution < 1.29 is 4.79 Å². The van der Waals surface area contributed by atoms with Crippen LogP contribution in [0.2, 0.25) is 0 Å². The minimum Gasteiger partial charge on any atom is -0.268 e. The van der Waals surface area contributed by atoms with E-state index in [0.717, 1.165) is 30.1 Å². The van der Waals surface area contributed by atoms with Gasteiger partial charge in [0.2, 0.25) is 0 Å². The number of carbonyl (C=O) groups is 1. The molecule has 1 heterocycles. The third kappa shape index (κ3) is 2.18. The number of hydrazine groups is 1. The van der Waals surface area contributed by atoms with E-state index in [1.54, 1.807) is 0 Å². The van der Waals surface area contributed by atoms with Gasteiger partial charge < -0.3 is 0 Å². The summed E-state index contributed by atoms with van der Waals surface area (Å²) in [5.74, 6) is 0.957. The van der Waals surface area contributed by atoms with Gasteiger partial charge in [0.1, 0.15) is 7.85 Å². The van der Waals surface area contributed by atoms with Crippen molar-refractivity contribution in [3.05, 3.63) is 28.8 Å². The molecule has 100 valence electrons. The minimum absolute atomic E-state index is 0.175. The summed E-state index contributed by atoms with van der Waals surface area (Å²) in [5, 5.41) is 4.04. The Hall–Kier alpha value is -1.29. The molecule has 19 heavy (non-hydrogen) atoms. The number of amides is 1. The summed E-state index contributed by atoms with van der Waals surface area (Å²) in [6, 6.07) is 4.25. The van der Waals surface area contributed by atoms with Gasteiger partial charge in [-0.05, 0) is 36.8 Å². The van der Waals surface area contributed by atoms with Crippen LogP contribution in [-0.2, 0) is 6.54 Å². The van der Waals surface area contributed by atoms with E-state index in [-0.39, 0.29) is 5.91 Å². The molecule has 0 aromatic heterocycles. The van der Waals surface area contributed by atoms with Gasteiger partial charge >= 0.3 is 0 Å². The average molecular weight is 256 g/mol. The molecule has 0 N–H and O–H groups in total. The van der Waals surface area contributed by atoms with Crippen LogP contribution in [0, 0.1) is 12.8 Å². The fourth-order valence-corrected chi connectivity index (χ4v) is 3.27. The molecule has 0 radical (unpaired) electrons. The number of carbonyl (C=O) groups excluding carboxylic acids is 1. The molecule has 2 aliphatic rings. The first-order chi connectivity index (χ1) is 9.06. The lowest BCUT2D eigenvalue weighted by Gasteiger charge is -2.34. The predicted molar refractivity (Wildman–Crippen MR) is 79.2 cm³/mol. The Morgan fingerprint density at radius 1 is 1.42 bits per heavy atom. The number of hydrogen-bond donors (Lipinski definition) is 0. The fourth-order valence-electron chi connectivity index (χ4n) is 3.27. The molecule has 1 saturated carbocycles. The van der Waals surface area contributed by atoms with E-state index in [1.165, 1.54) is 30.3 Å². The van der Waals surface area contributed by atoms with E-state index in [0.29, 0.717) is 0 Å². The van der Waals surface area contributed by atoms with Crippen molar-refractivity contribution in [2.45, 2.75) is 32.7 Å². The van der Waals surface area contributed by atoms with E-state index < -0.39 is 0 Å². The Morgan fingerprint density at radius 3 is 2.79 bits per heavy atom. The maximum Gasteiger partial charge on any atom is 0.269 e. The summed E-state index contributed by atoms with van der Waals surface area (Å²) < 4.78 is 0. The highest BCUT2D eigenvalue weighted by molar-refractivity contribution is 6.32. The van der Waals surface area contributed by atoms with Crippen molar-refractivity contribution in [1.82, 2.24) is 10.0 Å². The van der Waals surface area contributed by atoms with Crippen molar-refractivity contribution in [3.63, 3.8) is 0 Å². The Labute approximate surface area is 116 Å². The number of fused-ring (bicyclic) bond motifs is 1. The summed E-state index contributed by atoms with van der Waals surface area (Å²) in [5.41, 5.74) is 4.46. The molecule has 1 aliphatic heterocycles. The zero-order valence-corrected chi connectivity index (χ0v) is 12.1. The van der Waals surface area contributed by atoms with Crippen molar-refractivity contribution in [1.29, 1.82) is 0 Å². The van der Waals surface area contributed by atoms with Crippen LogP contribution in [0.25, 0.3) is 0 Å². The average Bonchev–Trinajstić information content (AvgIpc) is 2.61. The van der Waals surface area contributed by atoms with Gasteiger partial charge in [-0.1, -0.05) is 24.0 Å². The molecule has 1 amide bonds. The molecule has 0 unspecified atom stereocenters. The van der Waals surface area contributed by atoms with Gasteiger partial charge in [-0.25, -0.2) is 5.01 Å². The first-order valence-corrected chi connectivity index (χ1v) is 7.19. The fraction of sp³-hybridized carbons (Fsp3) is 0.533. The molecule has 0 spiro atoms. The highest BCUT2D eigenvalue weighted by atomic mass is 16.2. The van der Waals surface area contributed by atoms with E-state index in [1.807, 2.05) is 19.0 Å². The third-order valence-corrected chi connectivity index (χ3v) is 4.49. The molecule has 0 bridgehead atoms. The van der Waals surface area contributed by atoms with Crippen LogP contribution in [0.5, 0.6) is 0 Å². The Bertz CT molecular complexity index is 525. The van der Waals surface area contributed by atoms with E-state index in [2.05, 4.69) is 25.0 Å². The van der Waals surface area contributed by atoms with Gasteiger partial charge in [-0.3, -0.25) is 9.80 Å². The highest BCUT2D eigenvalue weighted by Crippen LogP contribution is 2.30. The molecule has 1 aromatic rings. The molecule has 1 fully saturated rings. The summed E-state index contributed by atoms with van der Waals surface area (Å²) in [7, 11) is 4.14. The van der Waals surface area contributed by atoms with Gasteiger partial charge in [0.05, 0.1) is 6.54 Å². The molecule has 1 aromatic carbocycles. The monoisotopic (exact) mass is 256 g/mol. The third-order valence-electron chi connectivity index (χ3n) is 4.49. The van der Waals surface area contributed by atoms with Crippen LogP contribution in [0.1, 0.15) is 40.7 Å². The molecular formula is C15H21BN2O. The smallest absolute Gasteiger partial charge is 0.268 e. The number of hydrogen-bond acceptors (Lipinski definition) is 2. The molecule has 1 aliphatic carbocycles. The number of nitrogens with zero attached hydrogens (tertiary/aromatic N) is 2. The van der Waals surface area contributed by atoms with Crippen molar-refractivity contribution >= 4 is 19.2 Å². The van der Waals surface area contributed by atoms with Crippen LogP contribution in [-0.4, -0.2) is 37.4 Å². The quantitative estimate of drug-likeness (QED) is 0.749. The summed E-state index contributed by atoms with van der Waals surface area (Å²) >= 11 is 0. The molecule has 0 atom stereocenters. The maximum absolute atomic E-state index is 12.5. The topological polar surface area (TPSA) is 23.6 Å². The van der Waals surface area contributed by atoms with Crippen LogP contribution in [0.3, 0.4) is 0 Å². The first kappa shape index (κ1) is 12.7. The van der Waals surface area contributed by atoms with Crippen LogP contribution < -0.4 is 5.46 Å². The second-order valence-corrected chi connectivity index (χ2v) is 6.12. The van der Waals surface area contributed by atoms with Crippen LogP contribution >= 0.6 is 0 Å². The van der Waals surface area contributed by atoms with Gasteiger partial charge in [-0.2, -0.15) is 0 Å². The Balaban J connectivity index is 1.80. The minimum atomic E-state index is 0.175. The SMILES string of the molecule is Bc1cc(C)c2c(c1)CN(N(C)CC1CCC1)C2=O. The zero-order valence-electron chi connectivity index (χ0n) is 12.1. The van der Waals surface area contributed by atoms with Crippen LogP contribution in [0.15, 0.2) is 12.1 Å². The lowest BCUT2D eigenvalue weighted by Crippen LogP contribution is -2.43. The second-order valence-electron chi connectivity index (χ2n) is 6.12. The maximum atomic E-state index is 12.5. The second kappa shape index (κ2) is 4.67. The normalized spacial score (nSPS) is 18.9. The van der Waals surface area contributed by atoms with Gasteiger partial charge in [0, 0.05) is 19.2 Å². The number of aryl methyl sites for hydroxylation is 1. The van der Waals surface area contributed by atoms with E-state index >= 15 is 0 Å². The largest absolute Gasteiger partial charge is 0.269 e. The molecule has 4 heteroatoms. The molecular weight excluding hydrogens is 235 g/mol. The Kier molecular flexibility index (Phi) is 3.13.